The zero-order valence-electron chi connectivity index (χ0n) is 11.1. The largest absolute Gasteiger partial charge is 0.440 e. The maximum Gasteiger partial charge on any atom is 0.260 e. The normalized spacial score (nSPS) is 10.9. The lowest BCUT2D eigenvalue weighted by atomic mass is 10.0. The Morgan fingerprint density at radius 1 is 1.37 bits per heavy atom. The minimum Gasteiger partial charge on any atom is -0.440 e. The second-order valence-corrected chi connectivity index (χ2v) is 4.66. The van der Waals surface area contributed by atoms with Crippen molar-refractivity contribution in [3.05, 3.63) is 39.5 Å². The molecule has 0 radical (unpaired) electrons. The number of carbonyl (C=O) groups excluding carboxylic acids is 1. The first kappa shape index (κ1) is 13.1. The van der Waals surface area contributed by atoms with Crippen molar-refractivity contribution >= 4 is 22.8 Å². The Bertz CT molecular complexity index is 702. The standard InChI is InChI=1S/C14H16N2O3/c1-7(2)8-4-5-10-9(6-8)12(17)11(13(15)19-10)14(18)16-3/h4-7H,15H2,1-3H3,(H,16,18). The quantitative estimate of drug-likeness (QED) is 0.863. The van der Waals surface area contributed by atoms with E-state index in [4.69, 9.17) is 10.2 Å². The van der Waals surface area contributed by atoms with Gasteiger partial charge in [0.25, 0.3) is 5.91 Å². The van der Waals surface area contributed by atoms with Gasteiger partial charge in [0, 0.05) is 7.05 Å². The van der Waals surface area contributed by atoms with E-state index in [1.165, 1.54) is 7.05 Å². The van der Waals surface area contributed by atoms with Crippen LogP contribution in [0.1, 0.15) is 35.7 Å². The van der Waals surface area contributed by atoms with Crippen LogP contribution in [0.15, 0.2) is 27.4 Å². The molecule has 19 heavy (non-hydrogen) atoms. The molecule has 0 saturated heterocycles. The summed E-state index contributed by atoms with van der Waals surface area (Å²) in [5, 5.41) is 2.76. The fourth-order valence-corrected chi connectivity index (χ4v) is 1.93. The van der Waals surface area contributed by atoms with Crippen molar-refractivity contribution in [2.75, 3.05) is 12.8 Å². The zero-order valence-corrected chi connectivity index (χ0v) is 11.1. The third kappa shape index (κ3) is 2.19. The van der Waals surface area contributed by atoms with E-state index < -0.39 is 11.3 Å². The number of nitrogen functional groups attached to an aromatic ring is 1. The van der Waals surface area contributed by atoms with Crippen LogP contribution >= 0.6 is 0 Å². The second kappa shape index (κ2) is 4.76. The Balaban J connectivity index is 2.80. The number of hydrogen-bond acceptors (Lipinski definition) is 4. The average Bonchev–Trinajstić information content (AvgIpc) is 2.37. The molecule has 0 fully saturated rings. The monoisotopic (exact) mass is 260 g/mol. The number of nitrogens with two attached hydrogens (primary N) is 1. The Morgan fingerprint density at radius 2 is 2.05 bits per heavy atom. The Kier molecular flexibility index (Phi) is 3.29. The van der Waals surface area contributed by atoms with Crippen LogP contribution in [0, 0.1) is 0 Å². The number of carbonyl (C=O) groups is 1. The van der Waals surface area contributed by atoms with Gasteiger partial charge < -0.3 is 15.5 Å². The highest BCUT2D eigenvalue weighted by atomic mass is 16.3. The van der Waals surface area contributed by atoms with E-state index in [2.05, 4.69) is 5.32 Å². The van der Waals surface area contributed by atoms with Gasteiger partial charge in [0.2, 0.25) is 11.3 Å². The first-order valence-corrected chi connectivity index (χ1v) is 6.04. The lowest BCUT2D eigenvalue weighted by Gasteiger charge is -2.08. The summed E-state index contributed by atoms with van der Waals surface area (Å²) in [5.41, 5.74) is 6.48. The lowest BCUT2D eigenvalue weighted by Crippen LogP contribution is -2.27. The summed E-state index contributed by atoms with van der Waals surface area (Å²) in [5.74, 6) is -0.415. The van der Waals surface area contributed by atoms with Gasteiger partial charge in [-0.25, -0.2) is 0 Å². The molecule has 0 aliphatic heterocycles. The lowest BCUT2D eigenvalue weighted by molar-refractivity contribution is 0.0961. The highest BCUT2D eigenvalue weighted by Crippen LogP contribution is 2.22. The van der Waals surface area contributed by atoms with Gasteiger partial charge in [0.15, 0.2) is 0 Å². The number of amides is 1. The molecule has 0 spiro atoms. The molecule has 100 valence electrons. The summed E-state index contributed by atoms with van der Waals surface area (Å²) in [6, 6.07) is 5.34. The number of hydrogen-bond donors (Lipinski definition) is 2. The fourth-order valence-electron chi connectivity index (χ4n) is 1.93. The van der Waals surface area contributed by atoms with Crippen molar-refractivity contribution in [2.24, 2.45) is 0 Å². The smallest absolute Gasteiger partial charge is 0.260 e. The molecule has 0 aliphatic carbocycles. The topological polar surface area (TPSA) is 85.3 Å². The highest BCUT2D eigenvalue weighted by Gasteiger charge is 2.18. The first-order valence-electron chi connectivity index (χ1n) is 6.04. The molecule has 1 heterocycles. The average molecular weight is 260 g/mol. The maximum atomic E-state index is 12.3. The van der Waals surface area contributed by atoms with Gasteiger partial charge in [-0.05, 0) is 23.6 Å². The fraction of sp³-hybridized carbons (Fsp3) is 0.286. The van der Waals surface area contributed by atoms with Crippen molar-refractivity contribution in [1.82, 2.24) is 5.32 Å². The second-order valence-electron chi connectivity index (χ2n) is 4.66. The Morgan fingerprint density at radius 3 is 2.63 bits per heavy atom. The van der Waals surface area contributed by atoms with E-state index in [1.807, 2.05) is 19.9 Å². The third-order valence-electron chi connectivity index (χ3n) is 3.06. The van der Waals surface area contributed by atoms with Gasteiger partial charge in [-0.1, -0.05) is 19.9 Å². The molecule has 1 aromatic heterocycles. The van der Waals surface area contributed by atoms with Crippen LogP contribution in [-0.4, -0.2) is 13.0 Å². The molecule has 1 amide bonds. The minimum absolute atomic E-state index is 0.143. The van der Waals surface area contributed by atoms with E-state index in [1.54, 1.807) is 12.1 Å². The van der Waals surface area contributed by atoms with E-state index in [-0.39, 0.29) is 17.4 Å². The molecule has 5 heteroatoms. The van der Waals surface area contributed by atoms with Crippen LogP contribution in [0.2, 0.25) is 0 Å². The molecule has 0 atom stereocenters. The van der Waals surface area contributed by atoms with E-state index in [9.17, 15) is 9.59 Å². The summed E-state index contributed by atoms with van der Waals surface area (Å²) in [6.45, 7) is 4.06. The van der Waals surface area contributed by atoms with E-state index in [0.717, 1.165) is 5.56 Å². The van der Waals surface area contributed by atoms with Crippen molar-refractivity contribution in [1.29, 1.82) is 0 Å². The number of rotatable bonds is 2. The van der Waals surface area contributed by atoms with Crippen molar-refractivity contribution in [3.8, 4) is 0 Å². The minimum atomic E-state index is -0.539. The molecule has 2 rings (SSSR count). The van der Waals surface area contributed by atoms with Crippen LogP contribution in [0.5, 0.6) is 0 Å². The Hall–Kier alpha value is -2.30. The molecule has 0 unspecified atom stereocenters. The number of anilines is 1. The predicted molar refractivity (Wildman–Crippen MR) is 74.4 cm³/mol. The Labute approximate surface area is 110 Å². The van der Waals surface area contributed by atoms with Gasteiger partial charge in [0.1, 0.15) is 11.1 Å². The van der Waals surface area contributed by atoms with E-state index >= 15 is 0 Å². The molecule has 5 nitrogen and oxygen atoms in total. The summed E-state index contributed by atoms with van der Waals surface area (Å²) >= 11 is 0. The highest BCUT2D eigenvalue weighted by molar-refractivity contribution is 6.00. The number of benzene rings is 1. The van der Waals surface area contributed by atoms with Crippen LogP contribution in [0.25, 0.3) is 11.0 Å². The van der Waals surface area contributed by atoms with Gasteiger partial charge >= 0.3 is 0 Å². The maximum absolute atomic E-state index is 12.3. The number of fused-ring (bicyclic) bond motifs is 1. The van der Waals surface area contributed by atoms with E-state index in [0.29, 0.717) is 11.0 Å². The molecule has 3 N–H and O–H groups in total. The summed E-state index contributed by atoms with van der Waals surface area (Å²) in [6.07, 6.45) is 0. The molecular formula is C14H16N2O3. The van der Waals surface area contributed by atoms with Crippen LogP contribution in [0.4, 0.5) is 5.88 Å². The SMILES string of the molecule is CNC(=O)c1c(N)oc2ccc(C(C)C)cc2c1=O. The predicted octanol–water partition coefficient (Wildman–Crippen LogP) is 1.86. The summed E-state index contributed by atoms with van der Waals surface area (Å²) in [4.78, 5) is 24.0. The number of nitrogens with one attached hydrogen (secondary N) is 1. The first-order chi connectivity index (χ1) is 8.95. The van der Waals surface area contributed by atoms with Crippen molar-refractivity contribution < 1.29 is 9.21 Å². The van der Waals surface area contributed by atoms with Crippen LogP contribution < -0.4 is 16.5 Å². The van der Waals surface area contributed by atoms with Gasteiger partial charge in [0.05, 0.1) is 5.39 Å². The van der Waals surface area contributed by atoms with Crippen molar-refractivity contribution in [3.63, 3.8) is 0 Å². The van der Waals surface area contributed by atoms with Gasteiger partial charge in [-0.15, -0.1) is 0 Å². The molecule has 1 aromatic carbocycles. The zero-order chi connectivity index (χ0) is 14.2. The van der Waals surface area contributed by atoms with Crippen LogP contribution in [0.3, 0.4) is 0 Å². The van der Waals surface area contributed by atoms with Crippen molar-refractivity contribution in [2.45, 2.75) is 19.8 Å². The molecule has 2 aromatic rings. The summed E-state index contributed by atoms with van der Waals surface area (Å²) in [7, 11) is 1.44. The summed E-state index contributed by atoms with van der Waals surface area (Å²) < 4.78 is 5.35. The van der Waals surface area contributed by atoms with Gasteiger partial charge in [-0.2, -0.15) is 0 Å². The van der Waals surface area contributed by atoms with Crippen LogP contribution in [-0.2, 0) is 0 Å². The molecular weight excluding hydrogens is 244 g/mol. The molecule has 0 aliphatic rings. The molecule has 0 saturated carbocycles. The van der Waals surface area contributed by atoms with Gasteiger partial charge in [-0.3, -0.25) is 9.59 Å². The third-order valence-corrected chi connectivity index (χ3v) is 3.06. The molecule has 0 bridgehead atoms.